The number of hydrogen-bond donors (Lipinski definition) is 0. The van der Waals surface area contributed by atoms with Crippen LogP contribution in [0.2, 0.25) is 0 Å². The Morgan fingerprint density at radius 3 is 2.57 bits per heavy atom. The van der Waals surface area contributed by atoms with Gasteiger partial charge in [0.25, 0.3) is 0 Å². The van der Waals surface area contributed by atoms with Crippen molar-refractivity contribution in [2.45, 2.75) is 56.2 Å². The van der Waals surface area contributed by atoms with E-state index in [1.165, 1.54) is 17.6 Å². The van der Waals surface area contributed by atoms with Gasteiger partial charge in [0, 0.05) is 36.1 Å². The van der Waals surface area contributed by atoms with Crippen LogP contribution in [0.5, 0.6) is 5.75 Å². The van der Waals surface area contributed by atoms with Crippen molar-refractivity contribution < 1.29 is 22.7 Å². The number of sulfonamides is 1. The molecule has 2 atom stereocenters. The number of likely N-dealkylation sites (tertiary alicyclic amines) is 1. The summed E-state index contributed by atoms with van der Waals surface area (Å²) in [6, 6.07) is 4.70. The summed E-state index contributed by atoms with van der Waals surface area (Å²) in [5, 5.41) is 1.23. The van der Waals surface area contributed by atoms with Gasteiger partial charge in [0.15, 0.2) is 0 Å². The number of ether oxygens (including phenoxy) is 2. The van der Waals surface area contributed by atoms with Crippen molar-refractivity contribution in [2.24, 2.45) is 0 Å². The van der Waals surface area contributed by atoms with Gasteiger partial charge in [-0.15, -0.1) is 0 Å². The molecule has 0 saturated carbocycles. The topological polar surface area (TPSA) is 89.0 Å². The van der Waals surface area contributed by atoms with E-state index in [0.29, 0.717) is 42.5 Å². The van der Waals surface area contributed by atoms with Crippen molar-refractivity contribution in [3.63, 3.8) is 0 Å². The lowest BCUT2D eigenvalue weighted by Gasteiger charge is -2.28. The van der Waals surface area contributed by atoms with Crippen LogP contribution >= 0.6 is 0 Å². The third-order valence-corrected chi connectivity index (χ3v) is 7.64. The second-order valence-electron chi connectivity index (χ2n) is 8.70. The molecule has 0 bridgehead atoms. The molecule has 162 valence electrons. The Morgan fingerprint density at radius 2 is 1.87 bits per heavy atom. The van der Waals surface area contributed by atoms with E-state index in [4.69, 9.17) is 9.47 Å². The van der Waals surface area contributed by atoms with Gasteiger partial charge in [0.1, 0.15) is 11.4 Å². The van der Waals surface area contributed by atoms with E-state index >= 15 is 0 Å². The normalized spacial score (nSPS) is 22.3. The first-order valence-electron chi connectivity index (χ1n) is 10.1. The highest BCUT2D eigenvalue weighted by Gasteiger charge is 2.50. The minimum absolute atomic E-state index is 0.173. The van der Waals surface area contributed by atoms with E-state index in [-0.39, 0.29) is 23.1 Å². The summed E-state index contributed by atoms with van der Waals surface area (Å²) in [5.74, 6) is 0.421. The van der Waals surface area contributed by atoms with E-state index in [0.717, 1.165) is 0 Å². The second-order valence-corrected chi connectivity index (χ2v) is 10.6. The standard InChI is InChI=1S/C21H27N3O5S/c1-21(2,3)29-20(25)23-10-8-16-15(23)9-11-24(16)30(26,27)18-7-5-6-14-12-22-13-17(28-4)19(14)18/h5-7,12-13,15-16H,8-11H2,1-4H3. The van der Waals surface area contributed by atoms with Crippen LogP contribution in [0.3, 0.4) is 0 Å². The molecule has 2 saturated heterocycles. The van der Waals surface area contributed by atoms with Crippen molar-refractivity contribution in [1.29, 1.82) is 0 Å². The number of aromatic nitrogens is 1. The number of amides is 1. The first kappa shape index (κ1) is 20.9. The van der Waals surface area contributed by atoms with Crippen molar-refractivity contribution in [2.75, 3.05) is 20.2 Å². The number of hydrogen-bond acceptors (Lipinski definition) is 6. The number of rotatable bonds is 3. The summed E-state index contributed by atoms with van der Waals surface area (Å²) in [4.78, 5) is 18.6. The summed E-state index contributed by atoms with van der Waals surface area (Å²) >= 11 is 0. The van der Waals surface area contributed by atoms with Gasteiger partial charge in [-0.05, 0) is 39.7 Å². The second kappa shape index (κ2) is 7.39. The van der Waals surface area contributed by atoms with Crippen molar-refractivity contribution in [3.8, 4) is 5.75 Å². The maximum Gasteiger partial charge on any atom is 0.410 e. The molecule has 2 aliphatic rings. The van der Waals surface area contributed by atoms with E-state index in [1.54, 1.807) is 23.2 Å². The first-order chi connectivity index (χ1) is 14.1. The monoisotopic (exact) mass is 433 g/mol. The molecular weight excluding hydrogens is 406 g/mol. The summed E-state index contributed by atoms with van der Waals surface area (Å²) in [6.45, 7) is 6.33. The zero-order valence-corrected chi connectivity index (χ0v) is 18.5. The van der Waals surface area contributed by atoms with Crippen LogP contribution in [0, 0.1) is 0 Å². The summed E-state index contributed by atoms with van der Waals surface area (Å²) in [6.07, 6.45) is 3.95. The highest BCUT2D eigenvalue weighted by atomic mass is 32.2. The zero-order valence-electron chi connectivity index (χ0n) is 17.7. The number of fused-ring (bicyclic) bond motifs is 2. The summed E-state index contributed by atoms with van der Waals surface area (Å²) in [5.41, 5.74) is -0.590. The van der Waals surface area contributed by atoms with Gasteiger partial charge in [0.2, 0.25) is 10.0 Å². The predicted octanol–water partition coefficient (Wildman–Crippen LogP) is 3.02. The molecule has 1 aromatic carbocycles. The fraction of sp³-hybridized carbons (Fsp3) is 0.524. The van der Waals surface area contributed by atoms with Gasteiger partial charge in [-0.1, -0.05) is 12.1 Å². The van der Waals surface area contributed by atoms with Gasteiger partial charge in [-0.25, -0.2) is 13.2 Å². The zero-order chi connectivity index (χ0) is 21.7. The molecule has 0 radical (unpaired) electrons. The van der Waals surface area contributed by atoms with Crippen LogP contribution in [0.4, 0.5) is 4.79 Å². The number of carbonyl (C=O) groups excluding carboxylic acids is 1. The van der Waals surface area contributed by atoms with Crippen LogP contribution in [0.15, 0.2) is 35.5 Å². The van der Waals surface area contributed by atoms with Crippen LogP contribution in [-0.2, 0) is 14.8 Å². The van der Waals surface area contributed by atoms with Crippen molar-refractivity contribution in [3.05, 3.63) is 30.6 Å². The van der Waals surface area contributed by atoms with Crippen molar-refractivity contribution >= 4 is 26.9 Å². The van der Waals surface area contributed by atoms with Crippen LogP contribution in [-0.4, -0.2) is 66.6 Å². The Balaban J connectivity index is 1.67. The average molecular weight is 434 g/mol. The molecule has 2 aliphatic heterocycles. The lowest BCUT2D eigenvalue weighted by atomic mass is 10.1. The number of pyridine rings is 1. The number of nitrogens with zero attached hydrogens (tertiary/aromatic N) is 3. The molecule has 0 aliphatic carbocycles. The molecule has 2 aromatic rings. The molecule has 1 amide bonds. The smallest absolute Gasteiger partial charge is 0.410 e. The molecule has 2 fully saturated rings. The van der Waals surface area contributed by atoms with E-state index in [9.17, 15) is 13.2 Å². The van der Waals surface area contributed by atoms with Crippen LogP contribution in [0.1, 0.15) is 33.6 Å². The Morgan fingerprint density at radius 1 is 1.13 bits per heavy atom. The minimum Gasteiger partial charge on any atom is -0.494 e. The molecule has 0 spiro atoms. The van der Waals surface area contributed by atoms with Gasteiger partial charge in [-0.2, -0.15) is 4.31 Å². The molecule has 30 heavy (non-hydrogen) atoms. The molecule has 1 aromatic heterocycles. The van der Waals surface area contributed by atoms with Crippen molar-refractivity contribution in [1.82, 2.24) is 14.2 Å². The number of benzene rings is 1. The maximum absolute atomic E-state index is 13.7. The highest BCUT2D eigenvalue weighted by Crippen LogP contribution is 2.39. The number of carbonyl (C=O) groups is 1. The Kier molecular flexibility index (Phi) is 5.14. The van der Waals surface area contributed by atoms with E-state index < -0.39 is 15.6 Å². The Labute approximate surface area is 176 Å². The van der Waals surface area contributed by atoms with E-state index in [2.05, 4.69) is 4.98 Å². The Bertz CT molecular complexity index is 1070. The summed E-state index contributed by atoms with van der Waals surface area (Å²) < 4.78 is 39.8. The lowest BCUT2D eigenvalue weighted by molar-refractivity contribution is 0.0225. The largest absolute Gasteiger partial charge is 0.494 e. The maximum atomic E-state index is 13.7. The predicted molar refractivity (Wildman–Crippen MR) is 112 cm³/mol. The third-order valence-electron chi connectivity index (χ3n) is 5.67. The average Bonchev–Trinajstić information content (AvgIpc) is 3.27. The first-order valence-corrected chi connectivity index (χ1v) is 11.5. The van der Waals surface area contributed by atoms with Gasteiger partial charge < -0.3 is 14.4 Å². The van der Waals surface area contributed by atoms with Gasteiger partial charge >= 0.3 is 6.09 Å². The highest BCUT2D eigenvalue weighted by molar-refractivity contribution is 7.89. The van der Waals surface area contributed by atoms with E-state index in [1.807, 2.05) is 26.8 Å². The summed E-state index contributed by atoms with van der Waals surface area (Å²) in [7, 11) is -2.29. The third kappa shape index (κ3) is 3.50. The molecule has 9 heteroatoms. The molecule has 8 nitrogen and oxygen atoms in total. The molecule has 0 N–H and O–H groups in total. The molecule has 4 rings (SSSR count). The molecular formula is C21H27N3O5S. The fourth-order valence-corrected chi connectivity index (χ4v) is 6.39. The fourth-order valence-electron chi connectivity index (χ4n) is 4.46. The minimum atomic E-state index is -3.79. The quantitative estimate of drug-likeness (QED) is 0.739. The van der Waals surface area contributed by atoms with Crippen LogP contribution < -0.4 is 4.74 Å². The van der Waals surface area contributed by atoms with Gasteiger partial charge in [0.05, 0.1) is 24.2 Å². The lowest BCUT2D eigenvalue weighted by Crippen LogP contribution is -2.43. The Hall–Kier alpha value is -2.39. The molecule has 3 heterocycles. The SMILES string of the molecule is COc1cncc2cccc(S(=O)(=O)N3CCC4C3CCN4C(=O)OC(C)(C)C)c12. The number of methoxy groups -OCH3 is 1. The molecule has 2 unspecified atom stereocenters. The van der Waals surface area contributed by atoms with Crippen LogP contribution in [0.25, 0.3) is 10.8 Å². The van der Waals surface area contributed by atoms with Gasteiger partial charge in [-0.3, -0.25) is 4.98 Å².